The van der Waals surface area contributed by atoms with Gasteiger partial charge in [0.25, 0.3) is 5.91 Å². The minimum absolute atomic E-state index is 0.00236. The van der Waals surface area contributed by atoms with E-state index in [0.29, 0.717) is 5.56 Å². The van der Waals surface area contributed by atoms with Crippen molar-refractivity contribution in [3.05, 3.63) is 35.9 Å². The molecule has 0 aliphatic heterocycles. The second-order valence-corrected chi connectivity index (χ2v) is 4.06. The number of hydrogen-bond acceptors (Lipinski definition) is 1. The molecular weight excluding hydrogens is 174 g/mol. The Balaban J connectivity index is 2.69. The molecule has 1 rings (SSSR count). The van der Waals surface area contributed by atoms with E-state index >= 15 is 0 Å². The fraction of sp³-hybridized carbons (Fsp3) is 0.417. The van der Waals surface area contributed by atoms with E-state index in [1.54, 1.807) is 0 Å². The molecule has 1 amide bonds. The second-order valence-electron chi connectivity index (χ2n) is 4.06. The van der Waals surface area contributed by atoms with Crippen LogP contribution in [0.15, 0.2) is 30.3 Å². The van der Waals surface area contributed by atoms with E-state index in [2.05, 4.69) is 12.2 Å². The van der Waals surface area contributed by atoms with Gasteiger partial charge in [-0.05, 0) is 32.4 Å². The first-order valence-corrected chi connectivity index (χ1v) is 4.93. The molecule has 14 heavy (non-hydrogen) atoms. The Morgan fingerprint density at radius 2 is 1.86 bits per heavy atom. The fourth-order valence-corrected chi connectivity index (χ4v) is 1.06. The Kier molecular flexibility index (Phi) is 3.28. The van der Waals surface area contributed by atoms with Crippen molar-refractivity contribution in [3.63, 3.8) is 0 Å². The lowest BCUT2D eigenvalue weighted by molar-refractivity contribution is 0.0911. The van der Waals surface area contributed by atoms with Crippen molar-refractivity contribution in [1.29, 1.82) is 0 Å². The summed E-state index contributed by atoms with van der Waals surface area (Å²) in [6.45, 7) is 6.10. The molecule has 1 aromatic rings. The normalized spacial score (nSPS) is 11.1. The van der Waals surface area contributed by atoms with E-state index < -0.39 is 0 Å². The van der Waals surface area contributed by atoms with Crippen LogP contribution in [0.4, 0.5) is 0 Å². The van der Waals surface area contributed by atoms with E-state index in [1.165, 1.54) is 0 Å². The largest absolute Gasteiger partial charge is 0.347 e. The van der Waals surface area contributed by atoms with Crippen LogP contribution in [0.1, 0.15) is 37.6 Å². The third-order valence-corrected chi connectivity index (χ3v) is 2.37. The zero-order valence-corrected chi connectivity index (χ0v) is 9.00. The highest BCUT2D eigenvalue weighted by molar-refractivity contribution is 5.94. The van der Waals surface area contributed by atoms with Gasteiger partial charge in [-0.3, -0.25) is 4.79 Å². The van der Waals surface area contributed by atoms with E-state index in [4.69, 9.17) is 0 Å². The van der Waals surface area contributed by atoms with Crippen LogP contribution in [0.2, 0.25) is 0 Å². The standard InChI is InChI=1S/C12H17NO/c1-4-12(2,3)13-11(14)10-8-6-5-7-9-10/h5-9H,4H2,1-3H3,(H,13,14). The third kappa shape index (κ3) is 2.87. The molecule has 0 aromatic heterocycles. The lowest BCUT2D eigenvalue weighted by Gasteiger charge is -2.24. The van der Waals surface area contributed by atoms with Gasteiger partial charge in [-0.1, -0.05) is 25.1 Å². The summed E-state index contributed by atoms with van der Waals surface area (Å²) in [4.78, 5) is 11.7. The summed E-state index contributed by atoms with van der Waals surface area (Å²) in [6.07, 6.45) is 0.922. The molecule has 2 heteroatoms. The van der Waals surface area contributed by atoms with E-state index in [1.807, 2.05) is 44.2 Å². The van der Waals surface area contributed by atoms with Crippen molar-refractivity contribution < 1.29 is 4.79 Å². The van der Waals surface area contributed by atoms with Crippen LogP contribution in [0.25, 0.3) is 0 Å². The maximum atomic E-state index is 11.7. The number of amides is 1. The Bertz CT molecular complexity index is 303. The van der Waals surface area contributed by atoms with Crippen LogP contribution in [-0.2, 0) is 0 Å². The molecule has 0 aliphatic rings. The van der Waals surface area contributed by atoms with Gasteiger partial charge in [0, 0.05) is 11.1 Å². The number of nitrogens with one attached hydrogen (secondary N) is 1. The van der Waals surface area contributed by atoms with Gasteiger partial charge in [0.1, 0.15) is 0 Å². The Hall–Kier alpha value is -1.31. The van der Waals surface area contributed by atoms with Crippen molar-refractivity contribution in [1.82, 2.24) is 5.32 Å². The SMILES string of the molecule is CCC(C)(C)NC(=O)c1ccccc1. The topological polar surface area (TPSA) is 29.1 Å². The highest BCUT2D eigenvalue weighted by Crippen LogP contribution is 2.08. The molecule has 76 valence electrons. The lowest BCUT2D eigenvalue weighted by Crippen LogP contribution is -2.42. The van der Waals surface area contributed by atoms with E-state index in [0.717, 1.165) is 6.42 Å². The smallest absolute Gasteiger partial charge is 0.251 e. The number of hydrogen-bond donors (Lipinski definition) is 1. The van der Waals surface area contributed by atoms with Gasteiger partial charge in [0.15, 0.2) is 0 Å². The molecule has 0 spiro atoms. The highest BCUT2D eigenvalue weighted by atomic mass is 16.1. The van der Waals surface area contributed by atoms with Crippen LogP contribution in [-0.4, -0.2) is 11.4 Å². The monoisotopic (exact) mass is 191 g/mol. The van der Waals surface area contributed by atoms with Crippen LogP contribution < -0.4 is 5.32 Å². The maximum Gasteiger partial charge on any atom is 0.251 e. The van der Waals surface area contributed by atoms with Gasteiger partial charge in [0.2, 0.25) is 0 Å². The average molecular weight is 191 g/mol. The number of rotatable bonds is 3. The summed E-state index contributed by atoms with van der Waals surface area (Å²) in [6, 6.07) is 9.28. The van der Waals surface area contributed by atoms with Gasteiger partial charge in [-0.25, -0.2) is 0 Å². The molecule has 0 aliphatic carbocycles. The van der Waals surface area contributed by atoms with Gasteiger partial charge in [0.05, 0.1) is 0 Å². The first kappa shape index (κ1) is 10.8. The van der Waals surface area contributed by atoms with Crippen LogP contribution in [0.5, 0.6) is 0 Å². The molecule has 0 saturated heterocycles. The lowest BCUT2D eigenvalue weighted by atomic mass is 10.0. The molecule has 0 heterocycles. The second kappa shape index (κ2) is 4.27. The van der Waals surface area contributed by atoms with Gasteiger partial charge in [-0.15, -0.1) is 0 Å². The molecule has 0 saturated carbocycles. The Morgan fingerprint density at radius 3 is 2.36 bits per heavy atom. The van der Waals surface area contributed by atoms with Crippen molar-refractivity contribution >= 4 is 5.91 Å². The van der Waals surface area contributed by atoms with E-state index in [-0.39, 0.29) is 11.4 Å². The van der Waals surface area contributed by atoms with Crippen molar-refractivity contribution in [3.8, 4) is 0 Å². The summed E-state index contributed by atoms with van der Waals surface area (Å²) >= 11 is 0. The molecule has 1 aromatic carbocycles. The molecule has 0 bridgehead atoms. The average Bonchev–Trinajstić information content (AvgIpc) is 2.19. The zero-order chi connectivity index (χ0) is 10.6. The van der Waals surface area contributed by atoms with Crippen molar-refractivity contribution in [2.75, 3.05) is 0 Å². The third-order valence-electron chi connectivity index (χ3n) is 2.37. The number of carbonyl (C=O) groups is 1. The summed E-state index contributed by atoms with van der Waals surface area (Å²) in [5, 5.41) is 2.98. The Morgan fingerprint density at radius 1 is 1.29 bits per heavy atom. The summed E-state index contributed by atoms with van der Waals surface area (Å²) in [5.74, 6) is -0.00236. The predicted octanol–water partition coefficient (Wildman–Crippen LogP) is 2.61. The van der Waals surface area contributed by atoms with Gasteiger partial charge < -0.3 is 5.32 Å². The van der Waals surface area contributed by atoms with Crippen LogP contribution >= 0.6 is 0 Å². The molecule has 1 N–H and O–H groups in total. The zero-order valence-electron chi connectivity index (χ0n) is 9.00. The summed E-state index contributed by atoms with van der Waals surface area (Å²) in [7, 11) is 0. The highest BCUT2D eigenvalue weighted by Gasteiger charge is 2.18. The van der Waals surface area contributed by atoms with Crippen LogP contribution in [0, 0.1) is 0 Å². The molecule has 0 atom stereocenters. The summed E-state index contributed by atoms with van der Waals surface area (Å²) < 4.78 is 0. The molecule has 0 radical (unpaired) electrons. The maximum absolute atomic E-state index is 11.7. The Labute approximate surface area is 85.3 Å². The minimum Gasteiger partial charge on any atom is -0.347 e. The number of carbonyl (C=O) groups excluding carboxylic acids is 1. The first-order chi connectivity index (χ1) is 6.55. The van der Waals surface area contributed by atoms with E-state index in [9.17, 15) is 4.79 Å². The van der Waals surface area contributed by atoms with Crippen LogP contribution in [0.3, 0.4) is 0 Å². The molecule has 0 fully saturated rings. The van der Waals surface area contributed by atoms with Crippen molar-refractivity contribution in [2.24, 2.45) is 0 Å². The number of benzene rings is 1. The predicted molar refractivity (Wildman–Crippen MR) is 58.3 cm³/mol. The first-order valence-electron chi connectivity index (χ1n) is 4.93. The quantitative estimate of drug-likeness (QED) is 0.781. The van der Waals surface area contributed by atoms with Gasteiger partial charge >= 0.3 is 0 Å². The molecular formula is C12H17NO. The van der Waals surface area contributed by atoms with Gasteiger partial charge in [-0.2, -0.15) is 0 Å². The fourth-order valence-electron chi connectivity index (χ4n) is 1.06. The minimum atomic E-state index is -0.132. The van der Waals surface area contributed by atoms with Crippen molar-refractivity contribution in [2.45, 2.75) is 32.7 Å². The molecule has 2 nitrogen and oxygen atoms in total. The summed E-state index contributed by atoms with van der Waals surface area (Å²) in [5.41, 5.74) is 0.585. The molecule has 0 unspecified atom stereocenters.